The lowest BCUT2D eigenvalue weighted by molar-refractivity contribution is -0.111. The fourth-order valence-electron chi connectivity index (χ4n) is 4.27. The normalized spacial score (nSPS) is 18.2. The Bertz CT molecular complexity index is 1310. The molecule has 2 aliphatic rings. The minimum Gasteiger partial charge on any atom is -0.489 e. The largest absolute Gasteiger partial charge is 0.489 e. The number of amides is 1. The van der Waals surface area contributed by atoms with E-state index < -0.39 is 5.82 Å². The highest BCUT2D eigenvalue weighted by atomic mass is 35.5. The van der Waals surface area contributed by atoms with Crippen LogP contribution >= 0.6 is 11.6 Å². The Morgan fingerprint density at radius 1 is 1.24 bits per heavy atom. The monoisotopic (exact) mass is 541 g/mol. The molecule has 0 spiro atoms. The van der Waals surface area contributed by atoms with Crippen molar-refractivity contribution in [2.45, 2.75) is 18.9 Å². The van der Waals surface area contributed by atoms with Crippen LogP contribution in [0.5, 0.6) is 5.75 Å². The summed E-state index contributed by atoms with van der Waals surface area (Å²) in [6, 6.07) is 7.84. The standard InChI is InChI=1S/C27H29ClFN5O4/c28-21-14-19(5-6-22(21)29)31-27-30-16-18-13-24(32-26(35)4-1-7-34-8-11-36-12-9-34)25(15-23(18)33-27)38-17-20-3-2-10-37-20/h1,4-6,13-16,20H,2-3,7-12,17H2,(H,32,35)(H,30,31,33). The molecule has 3 heterocycles. The van der Waals surface area contributed by atoms with E-state index in [4.69, 9.17) is 25.8 Å². The molecule has 3 aromatic rings. The number of nitrogens with one attached hydrogen (secondary N) is 2. The summed E-state index contributed by atoms with van der Waals surface area (Å²) in [6.45, 7) is 4.88. The number of benzene rings is 2. The minimum atomic E-state index is -0.504. The van der Waals surface area contributed by atoms with Gasteiger partial charge in [-0.1, -0.05) is 17.7 Å². The third-order valence-corrected chi connectivity index (χ3v) is 6.59. The minimum absolute atomic E-state index is 0.0000138. The van der Waals surface area contributed by atoms with Crippen LogP contribution in [-0.2, 0) is 14.3 Å². The molecule has 1 atom stereocenters. The quantitative estimate of drug-likeness (QED) is 0.381. The number of anilines is 3. The first-order chi connectivity index (χ1) is 18.5. The Morgan fingerprint density at radius 2 is 2.11 bits per heavy atom. The lowest BCUT2D eigenvalue weighted by Gasteiger charge is -2.25. The van der Waals surface area contributed by atoms with E-state index >= 15 is 0 Å². The Morgan fingerprint density at radius 3 is 2.89 bits per heavy atom. The van der Waals surface area contributed by atoms with Crippen LogP contribution in [0.15, 0.2) is 48.7 Å². The Hall–Kier alpha value is -3.31. The Balaban J connectivity index is 1.33. The summed E-state index contributed by atoms with van der Waals surface area (Å²) in [7, 11) is 0. The Kier molecular flexibility index (Phi) is 8.65. The molecule has 0 bridgehead atoms. The molecule has 0 radical (unpaired) electrons. The van der Waals surface area contributed by atoms with Crippen LogP contribution in [-0.4, -0.2) is 72.9 Å². The topological polar surface area (TPSA) is 97.8 Å². The highest BCUT2D eigenvalue weighted by Gasteiger charge is 2.18. The maximum Gasteiger partial charge on any atom is 0.248 e. The first-order valence-electron chi connectivity index (χ1n) is 12.6. The maximum atomic E-state index is 13.5. The van der Waals surface area contributed by atoms with Gasteiger partial charge in [-0.15, -0.1) is 0 Å². The number of rotatable bonds is 9. The number of nitrogens with zero attached hydrogens (tertiary/aromatic N) is 3. The van der Waals surface area contributed by atoms with Gasteiger partial charge in [0.15, 0.2) is 0 Å². The molecule has 5 rings (SSSR count). The SMILES string of the molecule is O=C(C=CCN1CCOCC1)Nc1cc2cnc(Nc3ccc(F)c(Cl)c3)nc2cc1OCC1CCCO1. The van der Waals surface area contributed by atoms with Gasteiger partial charge in [-0.25, -0.2) is 14.4 Å². The predicted octanol–water partition coefficient (Wildman–Crippen LogP) is 4.55. The maximum absolute atomic E-state index is 13.5. The van der Waals surface area contributed by atoms with E-state index in [0.717, 1.165) is 32.5 Å². The van der Waals surface area contributed by atoms with Crippen molar-refractivity contribution < 1.29 is 23.4 Å². The molecule has 0 aliphatic carbocycles. The smallest absolute Gasteiger partial charge is 0.248 e. The zero-order valence-corrected chi connectivity index (χ0v) is 21.5. The lowest BCUT2D eigenvalue weighted by atomic mass is 10.2. The zero-order valence-electron chi connectivity index (χ0n) is 20.8. The second-order valence-corrected chi connectivity index (χ2v) is 9.51. The number of carbonyl (C=O) groups excluding carboxylic acids is 1. The van der Waals surface area contributed by atoms with Crippen molar-refractivity contribution in [2.24, 2.45) is 0 Å². The molecule has 0 saturated carbocycles. The molecule has 2 fully saturated rings. The number of ether oxygens (including phenoxy) is 3. The summed E-state index contributed by atoms with van der Waals surface area (Å²) in [4.78, 5) is 23.9. The molecule has 1 unspecified atom stereocenters. The van der Waals surface area contributed by atoms with Crippen LogP contribution < -0.4 is 15.4 Å². The van der Waals surface area contributed by atoms with Gasteiger partial charge in [-0.2, -0.15) is 0 Å². The molecule has 11 heteroatoms. The van der Waals surface area contributed by atoms with Crippen molar-refractivity contribution in [1.82, 2.24) is 14.9 Å². The number of hydrogen-bond donors (Lipinski definition) is 2. The molecule has 1 amide bonds. The van der Waals surface area contributed by atoms with E-state index in [1.807, 2.05) is 6.08 Å². The average molecular weight is 542 g/mol. The first-order valence-corrected chi connectivity index (χ1v) is 13.0. The number of aromatic nitrogens is 2. The van der Waals surface area contributed by atoms with E-state index in [-0.39, 0.29) is 17.0 Å². The molecule has 1 aromatic heterocycles. The van der Waals surface area contributed by atoms with Crippen molar-refractivity contribution >= 4 is 45.7 Å². The number of carbonyl (C=O) groups is 1. The lowest BCUT2D eigenvalue weighted by Crippen LogP contribution is -2.36. The van der Waals surface area contributed by atoms with Crippen LogP contribution in [0.2, 0.25) is 5.02 Å². The third-order valence-electron chi connectivity index (χ3n) is 6.30. The van der Waals surface area contributed by atoms with Gasteiger partial charge in [0.25, 0.3) is 0 Å². The summed E-state index contributed by atoms with van der Waals surface area (Å²) in [5.74, 6) is 0.0349. The van der Waals surface area contributed by atoms with Crippen LogP contribution in [0.25, 0.3) is 10.9 Å². The highest BCUT2D eigenvalue weighted by Crippen LogP contribution is 2.31. The molecular weight excluding hydrogens is 513 g/mol. The van der Waals surface area contributed by atoms with Gasteiger partial charge in [0.05, 0.1) is 35.5 Å². The highest BCUT2D eigenvalue weighted by molar-refractivity contribution is 6.31. The van der Waals surface area contributed by atoms with E-state index in [1.165, 1.54) is 18.2 Å². The van der Waals surface area contributed by atoms with Gasteiger partial charge in [0.2, 0.25) is 11.9 Å². The zero-order chi connectivity index (χ0) is 26.3. The Labute approximate surface area is 224 Å². The van der Waals surface area contributed by atoms with E-state index in [1.54, 1.807) is 24.4 Å². The van der Waals surface area contributed by atoms with E-state index in [0.29, 0.717) is 60.3 Å². The van der Waals surface area contributed by atoms with Crippen molar-refractivity contribution in [1.29, 1.82) is 0 Å². The number of fused-ring (bicyclic) bond motifs is 1. The van der Waals surface area contributed by atoms with Gasteiger partial charge in [-0.3, -0.25) is 9.69 Å². The summed E-state index contributed by atoms with van der Waals surface area (Å²) in [5.41, 5.74) is 1.68. The van der Waals surface area contributed by atoms with Gasteiger partial charge < -0.3 is 24.8 Å². The molecule has 2 N–H and O–H groups in total. The first kappa shape index (κ1) is 26.3. The van der Waals surface area contributed by atoms with Gasteiger partial charge in [-0.05, 0) is 37.1 Å². The van der Waals surface area contributed by atoms with E-state index in [2.05, 4.69) is 25.5 Å². The van der Waals surface area contributed by atoms with Crippen molar-refractivity contribution in [3.05, 3.63) is 59.5 Å². The van der Waals surface area contributed by atoms with Crippen molar-refractivity contribution in [2.75, 3.05) is 56.7 Å². The molecular formula is C27H29ClFN5O4. The second kappa shape index (κ2) is 12.5. The molecule has 2 saturated heterocycles. The fourth-order valence-corrected chi connectivity index (χ4v) is 4.45. The second-order valence-electron chi connectivity index (χ2n) is 9.11. The van der Waals surface area contributed by atoms with Crippen molar-refractivity contribution in [3.63, 3.8) is 0 Å². The molecule has 2 aliphatic heterocycles. The average Bonchev–Trinajstić information content (AvgIpc) is 3.44. The molecule has 2 aromatic carbocycles. The molecule has 200 valence electrons. The van der Waals surface area contributed by atoms with Gasteiger partial charge >= 0.3 is 0 Å². The van der Waals surface area contributed by atoms with Crippen LogP contribution in [0.1, 0.15) is 12.8 Å². The predicted molar refractivity (Wildman–Crippen MR) is 144 cm³/mol. The number of morpholine rings is 1. The molecule has 38 heavy (non-hydrogen) atoms. The van der Waals surface area contributed by atoms with Gasteiger partial charge in [0.1, 0.15) is 18.2 Å². The van der Waals surface area contributed by atoms with Gasteiger partial charge in [0, 0.05) is 55.7 Å². The van der Waals surface area contributed by atoms with Crippen LogP contribution in [0.3, 0.4) is 0 Å². The number of hydrogen-bond acceptors (Lipinski definition) is 8. The summed E-state index contributed by atoms with van der Waals surface area (Å²) < 4.78 is 30.6. The van der Waals surface area contributed by atoms with Crippen LogP contribution in [0.4, 0.5) is 21.7 Å². The van der Waals surface area contributed by atoms with Crippen LogP contribution in [0, 0.1) is 5.82 Å². The summed E-state index contributed by atoms with van der Waals surface area (Å²) >= 11 is 5.89. The third kappa shape index (κ3) is 6.96. The summed E-state index contributed by atoms with van der Waals surface area (Å²) in [6.07, 6.45) is 6.95. The molecule has 9 nitrogen and oxygen atoms in total. The van der Waals surface area contributed by atoms with Crippen molar-refractivity contribution in [3.8, 4) is 5.75 Å². The van der Waals surface area contributed by atoms with E-state index in [9.17, 15) is 9.18 Å². The number of halogens is 2. The fraction of sp³-hybridized carbons (Fsp3) is 0.370. The summed E-state index contributed by atoms with van der Waals surface area (Å²) in [5, 5.41) is 6.67.